The Bertz CT molecular complexity index is 3090. The third-order valence-electron chi connectivity index (χ3n) is 14.7. The van der Waals surface area contributed by atoms with E-state index in [2.05, 4.69) is 108 Å². The molecule has 0 amide bonds. The molecule has 82 heavy (non-hydrogen) atoms. The van der Waals surface area contributed by atoms with Crippen LogP contribution >= 0.6 is 31.9 Å². The van der Waals surface area contributed by atoms with E-state index in [1.807, 2.05) is 72.8 Å². The Morgan fingerprint density at radius 2 is 0.549 bits per heavy atom. The molecule has 8 bridgehead atoms. The molecule has 0 heterocycles. The fraction of sp³-hybridized carbons (Fsp3) is 0.278. The summed E-state index contributed by atoms with van der Waals surface area (Å²) in [5.41, 5.74) is 10.7. The second kappa shape index (κ2) is 28.5. The van der Waals surface area contributed by atoms with Gasteiger partial charge < -0.3 is 18.9 Å². The van der Waals surface area contributed by atoms with Gasteiger partial charge in [0.05, 0.1) is 38.3 Å². The fourth-order valence-corrected chi connectivity index (χ4v) is 12.1. The number of rotatable bonds is 24. The zero-order valence-electron chi connectivity index (χ0n) is 47.2. The zero-order chi connectivity index (χ0) is 57.5. The lowest BCUT2D eigenvalue weighted by Gasteiger charge is -2.25. The molecule has 10 heteroatoms. The van der Waals surface area contributed by atoms with E-state index < -0.39 is 11.8 Å². The van der Waals surface area contributed by atoms with E-state index in [4.69, 9.17) is 18.9 Å². The molecule has 0 saturated carbocycles. The Balaban J connectivity index is 1.28. The monoisotopic (exact) mass is 1220 g/mol. The van der Waals surface area contributed by atoms with Crippen molar-refractivity contribution in [2.75, 3.05) is 26.4 Å². The number of ether oxygens (including phenoxy) is 4. The number of Topliss-reactive ketones (excluding diaryl/α,β-unsaturated/α-hetero) is 4. The number of fused-ring (bicyclic) bond motifs is 8. The Hall–Kier alpha value is -7.40. The summed E-state index contributed by atoms with van der Waals surface area (Å²) in [4.78, 5) is 59.0. The van der Waals surface area contributed by atoms with E-state index in [1.54, 1.807) is 48.5 Å². The molecule has 8 aromatic carbocycles. The molecular weight excluding hydrogens is 1150 g/mol. The number of halogens is 2. The third kappa shape index (κ3) is 14.4. The van der Waals surface area contributed by atoms with Gasteiger partial charge in [0.25, 0.3) is 0 Å². The Morgan fingerprint density at radius 1 is 0.341 bits per heavy atom. The number of hydrogen-bond acceptors (Lipinski definition) is 8. The Labute approximate surface area is 499 Å². The predicted molar refractivity (Wildman–Crippen MR) is 333 cm³/mol. The minimum atomic E-state index is -1.01. The van der Waals surface area contributed by atoms with Crippen molar-refractivity contribution < 1.29 is 38.1 Å². The third-order valence-corrected chi connectivity index (χ3v) is 15.6. The van der Waals surface area contributed by atoms with Crippen LogP contribution < -0.4 is 18.9 Å². The van der Waals surface area contributed by atoms with Crippen molar-refractivity contribution >= 4 is 55.0 Å². The lowest BCUT2D eigenvalue weighted by atomic mass is 9.83. The SMILES string of the molecule is CCCOc1c2cc(Br)cc1Cc1cc(CC(C(=O)c3ccccc3)C(=O)c3ccccc3)cc(c1OCCC)Cc1cc(Br)cc(c1OCCC)Cc1cc(CC(C(=O)c3ccccc3)C(=O)c3ccccc3)cc(c1OCCC)C2. The van der Waals surface area contributed by atoms with Gasteiger partial charge in [-0.3, -0.25) is 19.2 Å². The van der Waals surface area contributed by atoms with Gasteiger partial charge in [0, 0.05) is 79.1 Å². The highest BCUT2D eigenvalue weighted by atomic mass is 79.9. The lowest BCUT2D eigenvalue weighted by Crippen LogP contribution is -2.27. The van der Waals surface area contributed by atoms with Gasteiger partial charge in [-0.15, -0.1) is 0 Å². The highest BCUT2D eigenvalue weighted by Crippen LogP contribution is 2.43. The van der Waals surface area contributed by atoms with E-state index in [1.165, 1.54) is 0 Å². The molecule has 8 aromatic rings. The molecule has 9 rings (SSSR count). The fourth-order valence-electron chi connectivity index (χ4n) is 11.0. The molecule has 0 unspecified atom stereocenters. The summed E-state index contributed by atoms with van der Waals surface area (Å²) in [6.07, 6.45) is 4.88. The largest absolute Gasteiger partial charge is 0.493 e. The number of ketones is 4. The van der Waals surface area contributed by atoms with Crippen molar-refractivity contribution in [1.29, 1.82) is 0 Å². The molecule has 8 nitrogen and oxygen atoms in total. The van der Waals surface area contributed by atoms with Crippen LogP contribution in [0.2, 0.25) is 0 Å². The first-order valence-electron chi connectivity index (χ1n) is 28.8. The molecule has 0 fully saturated rings. The maximum Gasteiger partial charge on any atom is 0.174 e. The van der Waals surface area contributed by atoms with Crippen LogP contribution in [-0.2, 0) is 38.5 Å². The first-order valence-corrected chi connectivity index (χ1v) is 30.3. The molecule has 0 radical (unpaired) electrons. The van der Waals surface area contributed by atoms with Crippen LogP contribution in [0, 0.1) is 11.8 Å². The van der Waals surface area contributed by atoms with E-state index in [9.17, 15) is 19.2 Å². The highest BCUT2D eigenvalue weighted by Gasteiger charge is 2.33. The molecule has 0 aromatic heterocycles. The predicted octanol–water partition coefficient (Wildman–Crippen LogP) is 16.9. The van der Waals surface area contributed by atoms with Crippen LogP contribution in [0.1, 0.15) is 150 Å². The number of carbonyl (C=O) groups is 4. The summed E-state index contributed by atoms with van der Waals surface area (Å²) in [6.45, 7) is 10.2. The molecule has 0 aliphatic heterocycles. The van der Waals surface area contributed by atoms with Gasteiger partial charge in [-0.1, -0.05) is 205 Å². The molecule has 0 atom stereocenters. The standard InChI is InChI=1S/C72H70Br2O8/c1-5-29-79-69-53-33-47(37-63(65(75)49-21-13-9-14-22-49)66(76)50-23-15-10-16-24-50)34-54(69)40-58-44-62(74)46-60(72(58)82-32-8-4)42-56-36-48(38-64(67(77)51-25-17-11-18-26-51)68(78)52-27-19-12-20-28-52)35-55(70(56)80-30-6-2)41-59-45-61(73)43-57(39-53)71(59)81-31-7-3/h9-28,33-36,43-46,63-64H,5-8,29-32,37-42H2,1-4H3. The second-order valence-electron chi connectivity index (χ2n) is 21.1. The quantitative estimate of drug-likeness (QED) is 0.0435. The summed E-state index contributed by atoms with van der Waals surface area (Å²) >= 11 is 7.89. The van der Waals surface area contributed by atoms with Crippen LogP contribution in [0.4, 0.5) is 0 Å². The average Bonchev–Trinajstić information content (AvgIpc) is 3.51. The lowest BCUT2D eigenvalue weighted by molar-refractivity contribution is 0.0791. The molecular formula is C72H70Br2O8. The van der Waals surface area contributed by atoms with Crippen LogP contribution in [0.25, 0.3) is 0 Å². The molecule has 0 saturated heterocycles. The van der Waals surface area contributed by atoms with Gasteiger partial charge in [-0.2, -0.15) is 0 Å². The van der Waals surface area contributed by atoms with Gasteiger partial charge in [0.1, 0.15) is 23.0 Å². The first-order chi connectivity index (χ1) is 40.0. The Kier molecular flexibility index (Phi) is 20.6. The van der Waals surface area contributed by atoms with E-state index in [-0.39, 0.29) is 36.0 Å². The van der Waals surface area contributed by atoms with Crippen molar-refractivity contribution in [2.45, 2.75) is 91.9 Å². The average molecular weight is 1220 g/mol. The van der Waals surface area contributed by atoms with Crippen LogP contribution in [0.15, 0.2) is 179 Å². The number of carbonyl (C=O) groups excluding carboxylic acids is 4. The maximum atomic E-state index is 14.7. The minimum Gasteiger partial charge on any atom is -0.493 e. The topological polar surface area (TPSA) is 105 Å². The van der Waals surface area contributed by atoms with Crippen molar-refractivity contribution in [1.82, 2.24) is 0 Å². The van der Waals surface area contributed by atoms with Gasteiger partial charge in [-0.05, 0) is 96.2 Å². The molecule has 1 aliphatic carbocycles. The Morgan fingerprint density at radius 3 is 0.756 bits per heavy atom. The van der Waals surface area contributed by atoms with Crippen molar-refractivity contribution in [3.05, 3.63) is 257 Å². The first kappa shape index (κ1) is 59.2. The van der Waals surface area contributed by atoms with E-state index >= 15 is 0 Å². The summed E-state index contributed by atoms with van der Waals surface area (Å²) in [5, 5.41) is 0. The molecule has 0 N–H and O–H groups in total. The van der Waals surface area contributed by atoms with Crippen molar-refractivity contribution in [2.24, 2.45) is 11.8 Å². The zero-order valence-corrected chi connectivity index (χ0v) is 50.4. The van der Waals surface area contributed by atoms with Crippen LogP contribution in [0.3, 0.4) is 0 Å². The van der Waals surface area contributed by atoms with Gasteiger partial charge in [-0.25, -0.2) is 0 Å². The van der Waals surface area contributed by atoms with Crippen LogP contribution in [-0.4, -0.2) is 49.6 Å². The normalized spacial score (nSPS) is 12.0. The highest BCUT2D eigenvalue weighted by molar-refractivity contribution is 9.10. The second-order valence-corrected chi connectivity index (χ2v) is 23.0. The molecule has 1 aliphatic rings. The number of hydrogen-bond donors (Lipinski definition) is 0. The molecule has 0 spiro atoms. The van der Waals surface area contributed by atoms with E-state index in [0.717, 1.165) is 113 Å². The molecule has 420 valence electrons. The summed E-state index contributed by atoms with van der Waals surface area (Å²) in [5.74, 6) is -0.0697. The summed E-state index contributed by atoms with van der Waals surface area (Å²) in [7, 11) is 0. The van der Waals surface area contributed by atoms with Crippen LogP contribution in [0.5, 0.6) is 23.0 Å². The van der Waals surface area contributed by atoms with Crippen molar-refractivity contribution in [3.8, 4) is 23.0 Å². The van der Waals surface area contributed by atoms with E-state index in [0.29, 0.717) is 74.4 Å². The number of benzene rings is 8. The van der Waals surface area contributed by atoms with Crippen molar-refractivity contribution in [3.63, 3.8) is 0 Å². The summed E-state index contributed by atoms with van der Waals surface area (Å²) < 4.78 is 29.4. The smallest absolute Gasteiger partial charge is 0.174 e. The minimum absolute atomic E-state index is 0.146. The summed E-state index contributed by atoms with van der Waals surface area (Å²) in [6, 6.07) is 53.2. The van der Waals surface area contributed by atoms with Gasteiger partial charge in [0.2, 0.25) is 0 Å². The van der Waals surface area contributed by atoms with Gasteiger partial charge >= 0.3 is 0 Å². The van der Waals surface area contributed by atoms with Gasteiger partial charge in [0.15, 0.2) is 23.1 Å². The maximum absolute atomic E-state index is 14.7.